The fourth-order valence-corrected chi connectivity index (χ4v) is 3.27. The third-order valence-corrected chi connectivity index (χ3v) is 5.00. The molecular formula is C23H25F3N2O5. The van der Waals surface area contributed by atoms with Crippen LogP contribution in [0.5, 0.6) is 5.75 Å². The van der Waals surface area contributed by atoms with Gasteiger partial charge in [-0.3, -0.25) is 4.79 Å². The summed E-state index contributed by atoms with van der Waals surface area (Å²) in [6.07, 6.45) is -4.57. The Bertz CT molecular complexity index is 1000. The maximum atomic E-state index is 13.2. The molecule has 1 heterocycles. The number of morpholine rings is 1. The molecule has 2 aromatic carbocycles. The van der Waals surface area contributed by atoms with Gasteiger partial charge in [0.1, 0.15) is 5.75 Å². The smallest absolute Gasteiger partial charge is 0.416 e. The predicted molar refractivity (Wildman–Crippen MR) is 115 cm³/mol. The topological polar surface area (TPSA) is 77.1 Å². The fourth-order valence-electron chi connectivity index (χ4n) is 3.27. The number of nitrogens with one attached hydrogen (secondary N) is 1. The molecular weight excluding hydrogens is 441 g/mol. The highest BCUT2D eigenvalue weighted by molar-refractivity contribution is 5.96. The summed E-state index contributed by atoms with van der Waals surface area (Å²) in [4.78, 5) is 26.1. The van der Waals surface area contributed by atoms with Crippen LogP contribution in [0.1, 0.15) is 16.7 Å². The van der Waals surface area contributed by atoms with Gasteiger partial charge in [-0.1, -0.05) is 12.1 Å². The number of nitrogens with zero attached hydrogens (tertiary/aromatic N) is 1. The fraction of sp³-hybridized carbons (Fsp3) is 0.391. The Hall–Kier alpha value is -3.27. The minimum Gasteiger partial charge on any atom is -0.482 e. The summed E-state index contributed by atoms with van der Waals surface area (Å²) in [6.45, 7) is 4.44. The molecule has 1 aliphatic heterocycles. The molecule has 0 atom stereocenters. The Labute approximate surface area is 189 Å². The average molecular weight is 466 g/mol. The van der Waals surface area contributed by atoms with Gasteiger partial charge in [0.15, 0.2) is 13.2 Å². The standard InChI is InChI=1S/C23H25F3N2O5/c1-15-3-4-16(2)20(11-15)32-14-22(30)33-13-21(29)27-18-12-17(23(24,25)26)5-6-19(18)28-7-9-31-10-8-28/h3-6,11-12H,7-10,13-14H2,1-2H3,(H,27,29). The van der Waals surface area contributed by atoms with Crippen LogP contribution >= 0.6 is 0 Å². The first-order chi connectivity index (χ1) is 15.6. The normalized spacial score (nSPS) is 14.0. The maximum Gasteiger partial charge on any atom is 0.416 e. The molecule has 1 aliphatic rings. The number of amides is 1. The van der Waals surface area contributed by atoms with Gasteiger partial charge in [0, 0.05) is 13.1 Å². The van der Waals surface area contributed by atoms with Crippen LogP contribution in [0.4, 0.5) is 24.5 Å². The molecule has 3 rings (SSSR count). The average Bonchev–Trinajstić information content (AvgIpc) is 2.78. The first-order valence-corrected chi connectivity index (χ1v) is 10.3. The van der Waals surface area contributed by atoms with Gasteiger partial charge >= 0.3 is 12.1 Å². The molecule has 0 aromatic heterocycles. The molecule has 2 aromatic rings. The molecule has 33 heavy (non-hydrogen) atoms. The lowest BCUT2D eigenvalue weighted by atomic mass is 10.1. The van der Waals surface area contributed by atoms with Crippen LogP contribution in [0.15, 0.2) is 36.4 Å². The van der Waals surface area contributed by atoms with Crippen LogP contribution in [0.2, 0.25) is 0 Å². The number of ether oxygens (including phenoxy) is 3. The highest BCUT2D eigenvalue weighted by Gasteiger charge is 2.32. The van der Waals surface area contributed by atoms with Gasteiger partial charge in [-0.25, -0.2) is 4.79 Å². The minimum atomic E-state index is -4.57. The summed E-state index contributed by atoms with van der Waals surface area (Å²) in [7, 11) is 0. The molecule has 1 fully saturated rings. The van der Waals surface area contributed by atoms with Gasteiger partial charge in [0.2, 0.25) is 0 Å². The molecule has 0 radical (unpaired) electrons. The molecule has 1 amide bonds. The van der Waals surface area contributed by atoms with E-state index in [0.29, 0.717) is 37.7 Å². The number of esters is 1. The van der Waals surface area contributed by atoms with E-state index in [1.54, 1.807) is 6.07 Å². The zero-order valence-corrected chi connectivity index (χ0v) is 18.3. The lowest BCUT2D eigenvalue weighted by molar-refractivity contribution is -0.149. The summed E-state index contributed by atoms with van der Waals surface area (Å²) in [5, 5.41) is 2.43. The number of carbonyl (C=O) groups excluding carboxylic acids is 2. The van der Waals surface area contributed by atoms with E-state index in [-0.39, 0.29) is 5.69 Å². The molecule has 0 saturated carbocycles. The van der Waals surface area contributed by atoms with Crippen molar-refractivity contribution in [1.82, 2.24) is 0 Å². The quantitative estimate of drug-likeness (QED) is 0.627. The van der Waals surface area contributed by atoms with E-state index in [1.165, 1.54) is 6.07 Å². The summed E-state index contributed by atoms with van der Waals surface area (Å²) >= 11 is 0. The number of halogens is 3. The Balaban J connectivity index is 1.61. The van der Waals surface area contributed by atoms with E-state index in [2.05, 4.69) is 5.32 Å². The second-order valence-electron chi connectivity index (χ2n) is 7.60. The first-order valence-electron chi connectivity index (χ1n) is 10.3. The van der Waals surface area contributed by atoms with E-state index in [0.717, 1.165) is 23.3 Å². The molecule has 7 nitrogen and oxygen atoms in total. The van der Waals surface area contributed by atoms with Crippen LogP contribution in [0.25, 0.3) is 0 Å². The number of hydrogen-bond acceptors (Lipinski definition) is 6. The summed E-state index contributed by atoms with van der Waals surface area (Å²) in [5.41, 5.74) is 1.32. The largest absolute Gasteiger partial charge is 0.482 e. The number of alkyl halides is 3. The van der Waals surface area contributed by atoms with E-state index >= 15 is 0 Å². The minimum absolute atomic E-state index is 0.0144. The first kappa shape index (κ1) is 24.4. The zero-order chi connectivity index (χ0) is 24.0. The number of anilines is 2. The summed E-state index contributed by atoms with van der Waals surface area (Å²) in [6, 6.07) is 8.68. The molecule has 1 saturated heterocycles. The number of benzene rings is 2. The van der Waals surface area contributed by atoms with Gasteiger partial charge in [-0.15, -0.1) is 0 Å². The van der Waals surface area contributed by atoms with Crippen LogP contribution in [-0.2, 0) is 25.2 Å². The van der Waals surface area contributed by atoms with Crippen LogP contribution in [0, 0.1) is 13.8 Å². The number of carbonyl (C=O) groups is 2. The predicted octanol–water partition coefficient (Wildman–Crippen LogP) is 3.72. The second kappa shape index (κ2) is 10.6. The van der Waals surface area contributed by atoms with Crippen molar-refractivity contribution in [2.75, 3.05) is 49.7 Å². The maximum absolute atomic E-state index is 13.2. The molecule has 0 unspecified atom stereocenters. The Morgan fingerprint density at radius 2 is 1.79 bits per heavy atom. The van der Waals surface area contributed by atoms with Crippen molar-refractivity contribution in [1.29, 1.82) is 0 Å². The Morgan fingerprint density at radius 3 is 2.48 bits per heavy atom. The Morgan fingerprint density at radius 1 is 1.06 bits per heavy atom. The third kappa shape index (κ3) is 6.85. The van der Waals surface area contributed by atoms with Crippen molar-refractivity contribution in [2.45, 2.75) is 20.0 Å². The van der Waals surface area contributed by atoms with Gasteiger partial charge < -0.3 is 24.4 Å². The lowest BCUT2D eigenvalue weighted by Gasteiger charge is -2.31. The summed E-state index contributed by atoms with van der Waals surface area (Å²) in [5.74, 6) is -1.01. The molecule has 0 spiro atoms. The van der Waals surface area contributed by atoms with Crippen molar-refractivity contribution >= 4 is 23.3 Å². The van der Waals surface area contributed by atoms with E-state index < -0.39 is 36.8 Å². The van der Waals surface area contributed by atoms with Gasteiger partial charge in [-0.05, 0) is 49.2 Å². The van der Waals surface area contributed by atoms with Gasteiger partial charge in [0.05, 0.1) is 30.2 Å². The van der Waals surface area contributed by atoms with Crippen molar-refractivity contribution < 1.29 is 37.0 Å². The Kier molecular flexibility index (Phi) is 7.80. The van der Waals surface area contributed by atoms with Gasteiger partial charge in [-0.2, -0.15) is 13.2 Å². The van der Waals surface area contributed by atoms with E-state index in [1.807, 2.05) is 30.9 Å². The second-order valence-corrected chi connectivity index (χ2v) is 7.60. The van der Waals surface area contributed by atoms with Crippen molar-refractivity contribution in [3.8, 4) is 5.75 Å². The molecule has 0 bridgehead atoms. The molecule has 10 heteroatoms. The van der Waals surface area contributed by atoms with E-state index in [9.17, 15) is 22.8 Å². The SMILES string of the molecule is Cc1ccc(C)c(OCC(=O)OCC(=O)Nc2cc(C(F)(F)F)ccc2N2CCOCC2)c1. The van der Waals surface area contributed by atoms with Crippen LogP contribution in [-0.4, -0.2) is 51.4 Å². The molecule has 1 N–H and O–H groups in total. The monoisotopic (exact) mass is 466 g/mol. The molecule has 0 aliphatic carbocycles. The zero-order valence-electron chi connectivity index (χ0n) is 18.3. The highest BCUT2D eigenvalue weighted by Crippen LogP contribution is 2.35. The van der Waals surface area contributed by atoms with Crippen molar-refractivity contribution in [2.24, 2.45) is 0 Å². The van der Waals surface area contributed by atoms with Crippen LogP contribution < -0.4 is 15.0 Å². The number of rotatable bonds is 7. The third-order valence-electron chi connectivity index (χ3n) is 5.00. The van der Waals surface area contributed by atoms with E-state index in [4.69, 9.17) is 14.2 Å². The highest BCUT2D eigenvalue weighted by atomic mass is 19.4. The molecule has 178 valence electrons. The number of hydrogen-bond donors (Lipinski definition) is 1. The van der Waals surface area contributed by atoms with Crippen molar-refractivity contribution in [3.05, 3.63) is 53.1 Å². The number of aryl methyl sites for hydroxylation is 2. The van der Waals surface area contributed by atoms with Gasteiger partial charge in [0.25, 0.3) is 5.91 Å². The van der Waals surface area contributed by atoms with Crippen molar-refractivity contribution in [3.63, 3.8) is 0 Å². The summed E-state index contributed by atoms with van der Waals surface area (Å²) < 4.78 is 55.2. The van der Waals surface area contributed by atoms with Crippen LogP contribution in [0.3, 0.4) is 0 Å². The lowest BCUT2D eigenvalue weighted by Crippen LogP contribution is -2.37.